The highest BCUT2D eigenvalue weighted by molar-refractivity contribution is 7.07. The molecule has 40 heavy (non-hydrogen) atoms. The summed E-state index contributed by atoms with van der Waals surface area (Å²) >= 11 is 1.32. The van der Waals surface area contributed by atoms with Crippen LogP contribution < -0.4 is 14.9 Å². The largest absolute Gasteiger partial charge is 0.457 e. The van der Waals surface area contributed by atoms with Crippen molar-refractivity contribution < 1.29 is 13.6 Å². The molecule has 0 radical (unpaired) electrons. The molecule has 0 unspecified atom stereocenters. The lowest BCUT2D eigenvalue weighted by molar-refractivity contribution is 0.101. The maximum atomic E-state index is 13.9. The van der Waals surface area contributed by atoms with E-state index in [0.29, 0.717) is 26.4 Å². The van der Waals surface area contributed by atoms with Crippen molar-refractivity contribution in [2.75, 3.05) is 0 Å². The number of nitrogens with zero attached hydrogens (tertiary/aromatic N) is 2. The number of furan rings is 1. The van der Waals surface area contributed by atoms with Crippen molar-refractivity contribution >= 4 is 28.9 Å². The molecule has 5 aromatic rings. The van der Waals surface area contributed by atoms with Gasteiger partial charge < -0.3 is 4.42 Å². The van der Waals surface area contributed by atoms with Crippen LogP contribution in [-0.4, -0.2) is 10.4 Å². The highest BCUT2D eigenvalue weighted by Gasteiger charge is 2.32. The summed E-state index contributed by atoms with van der Waals surface area (Å²) in [5.74, 6) is 0.879. The van der Waals surface area contributed by atoms with E-state index < -0.39 is 0 Å². The van der Waals surface area contributed by atoms with Gasteiger partial charge in [-0.2, -0.15) is 0 Å². The number of hydrogen-bond donors (Lipinski definition) is 0. The van der Waals surface area contributed by atoms with Crippen LogP contribution in [0.5, 0.6) is 0 Å². The highest BCUT2D eigenvalue weighted by Crippen LogP contribution is 2.41. The van der Waals surface area contributed by atoms with Gasteiger partial charge in [0.1, 0.15) is 17.3 Å². The van der Waals surface area contributed by atoms with Gasteiger partial charge in [0.2, 0.25) is 0 Å². The molecule has 0 fully saturated rings. The maximum absolute atomic E-state index is 13.9. The molecule has 1 aliphatic heterocycles. The minimum atomic E-state index is -0.366. The van der Waals surface area contributed by atoms with Gasteiger partial charge >= 0.3 is 0 Å². The van der Waals surface area contributed by atoms with Crippen molar-refractivity contribution in [2.24, 2.45) is 4.99 Å². The van der Waals surface area contributed by atoms with Crippen LogP contribution >= 0.6 is 11.3 Å². The Bertz CT molecular complexity index is 2010. The third-order valence-electron chi connectivity index (χ3n) is 7.53. The second-order valence-electron chi connectivity index (χ2n) is 10.0. The molecule has 2 aromatic heterocycles. The predicted molar refractivity (Wildman–Crippen MR) is 153 cm³/mol. The third-order valence-corrected chi connectivity index (χ3v) is 8.52. The van der Waals surface area contributed by atoms with E-state index in [2.05, 4.69) is 12.1 Å². The van der Waals surface area contributed by atoms with Crippen LogP contribution in [0.4, 0.5) is 4.39 Å². The smallest absolute Gasteiger partial charge is 0.271 e. The van der Waals surface area contributed by atoms with Gasteiger partial charge in [0.25, 0.3) is 5.56 Å². The number of allylic oxidation sites excluding steroid dienone is 1. The number of Topliss-reactive ketones (excluding diaryl/α,β-unsaturated/α-hetero) is 1. The molecule has 7 rings (SSSR count). The van der Waals surface area contributed by atoms with Crippen molar-refractivity contribution in [1.29, 1.82) is 0 Å². The number of rotatable bonds is 4. The maximum Gasteiger partial charge on any atom is 0.271 e. The summed E-state index contributed by atoms with van der Waals surface area (Å²) in [6.07, 6.45) is 3.37. The molecular formula is C33H23FN2O3S. The van der Waals surface area contributed by atoms with Crippen molar-refractivity contribution in [2.45, 2.75) is 25.8 Å². The first-order valence-electron chi connectivity index (χ1n) is 13.1. The van der Waals surface area contributed by atoms with Crippen LogP contribution in [0.2, 0.25) is 0 Å². The lowest BCUT2D eigenvalue weighted by atomic mass is 9.83. The molecule has 1 aliphatic carbocycles. The molecule has 5 nitrogen and oxygen atoms in total. The van der Waals surface area contributed by atoms with Gasteiger partial charge in [0.05, 0.1) is 16.3 Å². The number of aryl methyl sites for hydroxylation is 1. The van der Waals surface area contributed by atoms with E-state index in [1.54, 1.807) is 34.9 Å². The van der Waals surface area contributed by atoms with E-state index in [4.69, 9.17) is 9.41 Å². The number of halogens is 1. The average molecular weight is 547 g/mol. The molecule has 0 amide bonds. The van der Waals surface area contributed by atoms with Crippen molar-refractivity contribution in [1.82, 2.24) is 4.57 Å². The zero-order chi connectivity index (χ0) is 27.4. The number of fused-ring (bicyclic) bond motifs is 3. The number of carbonyl (C=O) groups excluding carboxylic acids is 1. The Hall–Kier alpha value is -4.62. The number of aromatic nitrogens is 1. The van der Waals surface area contributed by atoms with Crippen LogP contribution in [0.25, 0.3) is 23.1 Å². The number of hydrogen-bond acceptors (Lipinski definition) is 5. The highest BCUT2D eigenvalue weighted by atomic mass is 32.1. The topological polar surface area (TPSA) is 64.6 Å². The molecule has 0 N–H and O–H groups in total. The molecule has 0 saturated carbocycles. The fraction of sp³-hybridized carbons (Fsp3) is 0.121. The SMILES string of the molecule is CC(=O)c1ccc(-c2ccc(/C=c3/sc4n(c3=O)[C@H](c3ccc(F)cc3)C3=C(N=4)c4ccccc4CC3)o2)cc1. The van der Waals surface area contributed by atoms with Gasteiger partial charge in [-0.05, 0) is 60.7 Å². The van der Waals surface area contributed by atoms with E-state index in [0.717, 1.165) is 40.8 Å². The van der Waals surface area contributed by atoms with Crippen LogP contribution in [0, 0.1) is 5.82 Å². The van der Waals surface area contributed by atoms with Gasteiger partial charge in [-0.1, -0.05) is 72.0 Å². The first-order chi connectivity index (χ1) is 19.5. The average Bonchev–Trinajstić information content (AvgIpc) is 3.57. The van der Waals surface area contributed by atoms with Crippen molar-refractivity contribution in [3.8, 4) is 11.3 Å². The summed E-state index contributed by atoms with van der Waals surface area (Å²) in [4.78, 5) is 31.1. The summed E-state index contributed by atoms with van der Waals surface area (Å²) in [5, 5.41) is 0. The van der Waals surface area contributed by atoms with Crippen LogP contribution in [-0.2, 0) is 6.42 Å². The second kappa shape index (κ2) is 9.54. The Morgan fingerprint density at radius 3 is 2.55 bits per heavy atom. The van der Waals surface area contributed by atoms with Crippen LogP contribution in [0.3, 0.4) is 0 Å². The minimum Gasteiger partial charge on any atom is -0.457 e. The first-order valence-corrected chi connectivity index (χ1v) is 13.9. The monoisotopic (exact) mass is 546 g/mol. The van der Waals surface area contributed by atoms with Gasteiger partial charge in [-0.25, -0.2) is 9.38 Å². The normalized spacial score (nSPS) is 16.2. The molecule has 1 atom stereocenters. The third kappa shape index (κ3) is 4.10. The van der Waals surface area contributed by atoms with E-state index in [1.165, 1.54) is 36.0 Å². The Balaban J connectivity index is 1.36. The molecule has 196 valence electrons. The minimum absolute atomic E-state index is 0.00571. The molecule has 2 aliphatic rings. The van der Waals surface area contributed by atoms with Crippen molar-refractivity contribution in [3.05, 3.63) is 144 Å². The summed E-state index contributed by atoms with van der Waals surface area (Å²) in [6, 6.07) is 25.2. The zero-order valence-corrected chi connectivity index (χ0v) is 22.4. The predicted octanol–water partition coefficient (Wildman–Crippen LogP) is 5.92. The van der Waals surface area contributed by atoms with E-state index in [9.17, 15) is 14.0 Å². The van der Waals surface area contributed by atoms with Crippen molar-refractivity contribution in [3.63, 3.8) is 0 Å². The second-order valence-corrected chi connectivity index (χ2v) is 11.0. The Labute approximate surface area is 232 Å². The van der Waals surface area contributed by atoms with Gasteiger partial charge in [0, 0.05) is 22.8 Å². The standard InChI is InChI=1S/C33H23FN2O3S/c1-19(37)20-6-8-22(9-7-20)28-17-15-25(39-28)18-29-32(38)36-31(23-10-13-24(34)14-11-23)27-16-12-21-4-2-3-5-26(21)30(27)35-33(36)40-29/h2-11,13-15,17-18,31H,12,16H2,1H3/b29-18+/t31-/m1/s1. The number of thiazole rings is 1. The molecule has 0 bridgehead atoms. The Morgan fingerprint density at radius 2 is 1.77 bits per heavy atom. The van der Waals surface area contributed by atoms with Crippen LogP contribution in [0.15, 0.2) is 105 Å². The lowest BCUT2D eigenvalue weighted by Crippen LogP contribution is -2.38. The molecule has 0 saturated heterocycles. The quantitative estimate of drug-likeness (QED) is 0.263. The Kier molecular flexibility index (Phi) is 5.82. The van der Waals surface area contributed by atoms with Crippen LogP contribution in [0.1, 0.15) is 52.2 Å². The lowest BCUT2D eigenvalue weighted by Gasteiger charge is -2.30. The van der Waals surface area contributed by atoms with Gasteiger partial charge in [-0.15, -0.1) is 0 Å². The molecule has 7 heteroatoms. The molecule has 3 aromatic carbocycles. The molecule has 0 spiro atoms. The molecular weight excluding hydrogens is 523 g/mol. The summed E-state index contributed by atoms with van der Waals surface area (Å²) in [7, 11) is 0. The Morgan fingerprint density at radius 1 is 1.00 bits per heavy atom. The van der Waals surface area contributed by atoms with Gasteiger partial charge in [0.15, 0.2) is 10.6 Å². The fourth-order valence-corrected chi connectivity index (χ4v) is 6.53. The van der Waals surface area contributed by atoms with E-state index in [1.807, 2.05) is 36.4 Å². The zero-order valence-electron chi connectivity index (χ0n) is 21.6. The summed E-state index contributed by atoms with van der Waals surface area (Å²) in [6.45, 7) is 1.53. The number of ketones is 1. The first kappa shape index (κ1) is 24.4. The van der Waals surface area contributed by atoms with E-state index >= 15 is 0 Å². The fourth-order valence-electron chi connectivity index (χ4n) is 5.55. The van der Waals surface area contributed by atoms with Gasteiger partial charge in [-0.3, -0.25) is 14.2 Å². The number of carbonyl (C=O) groups is 1. The summed E-state index contributed by atoms with van der Waals surface area (Å²) in [5.41, 5.74) is 6.46. The van der Waals surface area contributed by atoms with E-state index in [-0.39, 0.29) is 23.2 Å². The molecule has 3 heterocycles. The summed E-state index contributed by atoms with van der Waals surface area (Å²) < 4.78 is 22.2. The number of benzene rings is 3.